The van der Waals surface area contributed by atoms with E-state index in [2.05, 4.69) is 10.3 Å². The molecule has 1 saturated heterocycles. The highest BCUT2D eigenvalue weighted by molar-refractivity contribution is 5.93. The van der Waals surface area contributed by atoms with Gasteiger partial charge in [0.1, 0.15) is 11.9 Å². The third-order valence-corrected chi connectivity index (χ3v) is 5.84. The molecule has 0 unspecified atom stereocenters. The van der Waals surface area contributed by atoms with E-state index in [-0.39, 0.29) is 17.5 Å². The van der Waals surface area contributed by atoms with Crippen LogP contribution in [-0.2, 0) is 6.42 Å². The van der Waals surface area contributed by atoms with E-state index in [0.29, 0.717) is 36.2 Å². The normalized spacial score (nSPS) is 19.3. The number of aliphatic hydroxyl groups excluding tert-OH is 1. The molecule has 178 valence electrons. The van der Waals surface area contributed by atoms with Crippen LogP contribution in [0.5, 0.6) is 0 Å². The molecule has 3 atom stereocenters. The second-order valence-electron chi connectivity index (χ2n) is 9.89. The fourth-order valence-electron chi connectivity index (χ4n) is 4.29. The molecule has 8 nitrogen and oxygen atoms in total. The SMILES string of the molecule is CN(C)C(=O)c1ccc(C[C@@H]2CC[C@H]([C@H](O)c3ccc(NC(C)(C)C)nc3)N2C(=O)O)cc1. The molecule has 8 heteroatoms. The van der Waals surface area contributed by atoms with E-state index in [0.717, 1.165) is 5.56 Å². The van der Waals surface area contributed by atoms with Crippen molar-refractivity contribution in [1.82, 2.24) is 14.8 Å². The van der Waals surface area contributed by atoms with Gasteiger partial charge in [-0.25, -0.2) is 9.78 Å². The molecule has 1 fully saturated rings. The smallest absolute Gasteiger partial charge is 0.407 e. The minimum atomic E-state index is -1.04. The highest BCUT2D eigenvalue weighted by Crippen LogP contribution is 2.35. The van der Waals surface area contributed by atoms with E-state index < -0.39 is 18.2 Å². The van der Waals surface area contributed by atoms with Gasteiger partial charge in [0.2, 0.25) is 0 Å². The minimum absolute atomic E-state index is 0.0740. The molecule has 1 aliphatic rings. The number of likely N-dealkylation sites (tertiary alicyclic amines) is 1. The molecule has 0 spiro atoms. The predicted molar refractivity (Wildman–Crippen MR) is 127 cm³/mol. The number of aliphatic hydroxyl groups is 1. The number of amides is 2. The molecule has 0 saturated carbocycles. The molecule has 3 N–H and O–H groups in total. The summed E-state index contributed by atoms with van der Waals surface area (Å²) in [5, 5.41) is 24.2. The van der Waals surface area contributed by atoms with Crippen molar-refractivity contribution >= 4 is 17.8 Å². The van der Waals surface area contributed by atoms with Crippen molar-refractivity contribution in [3.63, 3.8) is 0 Å². The molecule has 33 heavy (non-hydrogen) atoms. The number of benzene rings is 1. The Morgan fingerprint density at radius 1 is 1.15 bits per heavy atom. The van der Waals surface area contributed by atoms with Crippen LogP contribution in [0.25, 0.3) is 0 Å². The Kier molecular flexibility index (Phi) is 7.27. The van der Waals surface area contributed by atoms with Crippen molar-refractivity contribution < 1.29 is 19.8 Å². The van der Waals surface area contributed by atoms with Crippen LogP contribution >= 0.6 is 0 Å². The van der Waals surface area contributed by atoms with Crippen LogP contribution in [0.15, 0.2) is 42.6 Å². The number of carboxylic acid groups (broad SMARTS) is 1. The maximum atomic E-state index is 12.1. The summed E-state index contributed by atoms with van der Waals surface area (Å²) in [6.45, 7) is 6.11. The largest absolute Gasteiger partial charge is 0.465 e. The number of nitrogens with one attached hydrogen (secondary N) is 1. The fourth-order valence-corrected chi connectivity index (χ4v) is 4.29. The summed E-state index contributed by atoms with van der Waals surface area (Å²) in [4.78, 5) is 31.5. The summed E-state index contributed by atoms with van der Waals surface area (Å²) >= 11 is 0. The summed E-state index contributed by atoms with van der Waals surface area (Å²) in [5.41, 5.74) is 2.01. The van der Waals surface area contributed by atoms with Crippen molar-refractivity contribution in [1.29, 1.82) is 0 Å². The summed E-state index contributed by atoms with van der Waals surface area (Å²) in [6.07, 6.45) is 1.36. The Bertz CT molecular complexity index is 967. The van der Waals surface area contributed by atoms with Gasteiger partial charge >= 0.3 is 6.09 Å². The van der Waals surface area contributed by atoms with Gasteiger partial charge in [0.05, 0.1) is 6.04 Å². The van der Waals surface area contributed by atoms with Crippen LogP contribution in [0.2, 0.25) is 0 Å². The summed E-state index contributed by atoms with van der Waals surface area (Å²) in [5.74, 6) is 0.629. The molecule has 1 aromatic heterocycles. The number of anilines is 1. The number of aromatic nitrogens is 1. The van der Waals surface area contributed by atoms with E-state index in [9.17, 15) is 19.8 Å². The Labute approximate surface area is 195 Å². The first-order valence-electron chi connectivity index (χ1n) is 11.2. The van der Waals surface area contributed by atoms with E-state index in [1.165, 1.54) is 9.80 Å². The lowest BCUT2D eigenvalue weighted by Crippen LogP contribution is -2.44. The number of carbonyl (C=O) groups excluding carboxylic acids is 1. The maximum Gasteiger partial charge on any atom is 0.407 e. The van der Waals surface area contributed by atoms with Crippen LogP contribution < -0.4 is 5.32 Å². The maximum absolute atomic E-state index is 12.1. The Balaban J connectivity index is 1.71. The third kappa shape index (κ3) is 6.01. The van der Waals surface area contributed by atoms with Crippen LogP contribution in [0, 0.1) is 0 Å². The zero-order valence-corrected chi connectivity index (χ0v) is 19.9. The summed E-state index contributed by atoms with van der Waals surface area (Å²) < 4.78 is 0. The van der Waals surface area contributed by atoms with Crippen molar-refractivity contribution in [2.45, 2.75) is 63.8 Å². The number of rotatable bonds is 6. The standard InChI is InChI=1S/C25H34N4O4/c1-25(2,3)27-21-13-10-18(15-26-21)22(30)20-12-11-19(29(20)24(32)33)14-16-6-8-17(9-7-16)23(31)28(4)5/h6-10,13,15,19-20,22,30H,11-12,14H2,1-5H3,(H,26,27)(H,32,33)/t19-,20+,22+/m0/s1. The molecule has 2 heterocycles. The average Bonchev–Trinajstić information content (AvgIpc) is 3.16. The number of pyridine rings is 1. The van der Waals surface area contributed by atoms with Gasteiger partial charge in [-0.1, -0.05) is 18.2 Å². The van der Waals surface area contributed by atoms with E-state index in [1.807, 2.05) is 32.9 Å². The number of hydrogen-bond acceptors (Lipinski definition) is 5. The molecule has 0 radical (unpaired) electrons. The molecule has 2 aromatic rings. The molecule has 1 aliphatic heterocycles. The highest BCUT2D eigenvalue weighted by Gasteiger charge is 2.41. The van der Waals surface area contributed by atoms with Crippen molar-refractivity contribution in [2.24, 2.45) is 0 Å². The third-order valence-electron chi connectivity index (χ3n) is 5.84. The molecular weight excluding hydrogens is 420 g/mol. The summed E-state index contributed by atoms with van der Waals surface area (Å²) in [6, 6.07) is 10.1. The molecule has 0 aliphatic carbocycles. The van der Waals surface area contributed by atoms with E-state index in [4.69, 9.17) is 0 Å². The van der Waals surface area contributed by atoms with Gasteiger partial charge in [0, 0.05) is 43.0 Å². The number of hydrogen-bond donors (Lipinski definition) is 3. The first-order valence-corrected chi connectivity index (χ1v) is 11.2. The molecule has 0 bridgehead atoms. The lowest BCUT2D eigenvalue weighted by molar-refractivity contribution is 0.0539. The fraction of sp³-hybridized carbons (Fsp3) is 0.480. The van der Waals surface area contributed by atoms with E-state index in [1.54, 1.807) is 44.6 Å². The molecule has 2 amide bonds. The molecular formula is C25H34N4O4. The predicted octanol–water partition coefficient (Wildman–Crippen LogP) is 3.78. The Hall–Kier alpha value is -3.13. The molecule has 1 aromatic carbocycles. The second kappa shape index (κ2) is 9.79. The van der Waals surface area contributed by atoms with Gasteiger partial charge in [-0.2, -0.15) is 0 Å². The van der Waals surface area contributed by atoms with Gasteiger partial charge in [-0.05, 0) is 63.8 Å². The van der Waals surface area contributed by atoms with E-state index >= 15 is 0 Å². The first-order chi connectivity index (χ1) is 15.5. The van der Waals surface area contributed by atoms with Gasteiger partial charge in [0.25, 0.3) is 5.91 Å². The zero-order chi connectivity index (χ0) is 24.3. The zero-order valence-electron chi connectivity index (χ0n) is 19.9. The quantitative estimate of drug-likeness (QED) is 0.613. The lowest BCUT2D eigenvalue weighted by atomic mass is 10.0. The van der Waals surface area contributed by atoms with Gasteiger partial charge in [0.15, 0.2) is 0 Å². The van der Waals surface area contributed by atoms with Gasteiger partial charge < -0.3 is 20.4 Å². The van der Waals surface area contributed by atoms with Crippen molar-refractivity contribution in [3.8, 4) is 0 Å². The number of nitrogens with zero attached hydrogens (tertiary/aromatic N) is 3. The van der Waals surface area contributed by atoms with Gasteiger partial charge in [-0.15, -0.1) is 0 Å². The van der Waals surface area contributed by atoms with Gasteiger partial charge in [-0.3, -0.25) is 9.69 Å². The van der Waals surface area contributed by atoms with Crippen LogP contribution in [0.4, 0.5) is 10.6 Å². The molecule has 3 rings (SSSR count). The van der Waals surface area contributed by atoms with Crippen LogP contribution in [0.3, 0.4) is 0 Å². The first kappa shape index (κ1) is 24.5. The average molecular weight is 455 g/mol. The topological polar surface area (TPSA) is 106 Å². The minimum Gasteiger partial charge on any atom is -0.465 e. The van der Waals surface area contributed by atoms with Crippen molar-refractivity contribution in [2.75, 3.05) is 19.4 Å². The Morgan fingerprint density at radius 2 is 1.82 bits per heavy atom. The summed E-state index contributed by atoms with van der Waals surface area (Å²) in [7, 11) is 3.41. The monoisotopic (exact) mass is 454 g/mol. The highest BCUT2D eigenvalue weighted by atomic mass is 16.4. The van der Waals surface area contributed by atoms with Crippen LogP contribution in [0.1, 0.15) is 61.2 Å². The lowest BCUT2D eigenvalue weighted by Gasteiger charge is -2.31. The number of carbonyl (C=O) groups is 2. The van der Waals surface area contributed by atoms with Crippen molar-refractivity contribution in [3.05, 3.63) is 59.3 Å². The van der Waals surface area contributed by atoms with Crippen LogP contribution in [-0.4, -0.2) is 68.7 Å². The Morgan fingerprint density at radius 3 is 2.33 bits per heavy atom. The second-order valence-corrected chi connectivity index (χ2v) is 9.89.